The van der Waals surface area contributed by atoms with Gasteiger partial charge in [0.2, 0.25) is 0 Å². The van der Waals surface area contributed by atoms with E-state index >= 15 is 0 Å². The molecule has 174 valence electrons. The average Bonchev–Trinajstić information content (AvgIpc) is 3.06. The fraction of sp³-hybridized carbons (Fsp3) is 0.500. The molecule has 2 rings (SSSR count). The van der Waals surface area contributed by atoms with Gasteiger partial charge in [-0.3, -0.25) is 20.3 Å². The smallest absolute Gasteiger partial charge is 0.416 e. The molecule has 32 heavy (non-hydrogen) atoms. The molecule has 12 heteroatoms. The Balaban J connectivity index is 2.11. The lowest BCUT2D eigenvalue weighted by molar-refractivity contribution is -0.385. The fourth-order valence-electron chi connectivity index (χ4n) is 2.36. The van der Waals surface area contributed by atoms with Crippen LogP contribution in [0, 0.1) is 10.1 Å². The van der Waals surface area contributed by atoms with Gasteiger partial charge in [0.05, 0.1) is 10.6 Å². The van der Waals surface area contributed by atoms with Gasteiger partial charge < -0.3 is 9.47 Å². The molecule has 0 aliphatic rings. The number of thiazole rings is 1. The lowest BCUT2D eigenvalue weighted by atomic mass is 10.2. The first kappa shape index (κ1) is 25.0. The van der Waals surface area contributed by atoms with E-state index in [0.717, 1.165) is 6.20 Å². The lowest BCUT2D eigenvalue weighted by Gasteiger charge is -2.26. The van der Waals surface area contributed by atoms with Crippen LogP contribution in [0.3, 0.4) is 0 Å². The molecule has 0 saturated carbocycles. The van der Waals surface area contributed by atoms with Crippen molar-refractivity contribution in [2.45, 2.75) is 59.2 Å². The van der Waals surface area contributed by atoms with Crippen molar-refractivity contribution in [3.63, 3.8) is 0 Å². The minimum atomic E-state index is -0.735. The van der Waals surface area contributed by atoms with Crippen LogP contribution in [0.1, 0.15) is 47.2 Å². The molecule has 2 aromatic rings. The summed E-state index contributed by atoms with van der Waals surface area (Å²) < 4.78 is 10.6. The summed E-state index contributed by atoms with van der Waals surface area (Å²) in [5.74, 6) is 0.215. The molecular weight excluding hydrogens is 438 g/mol. The van der Waals surface area contributed by atoms with Crippen LogP contribution in [0.5, 0.6) is 0 Å². The van der Waals surface area contributed by atoms with Crippen molar-refractivity contribution in [1.29, 1.82) is 0 Å². The Morgan fingerprint density at radius 1 is 1.16 bits per heavy atom. The second kappa shape index (κ2) is 9.90. The first-order valence-electron chi connectivity index (χ1n) is 9.79. The lowest BCUT2D eigenvalue weighted by Crippen LogP contribution is -2.38. The van der Waals surface area contributed by atoms with Crippen LogP contribution in [0.2, 0.25) is 0 Å². The van der Waals surface area contributed by atoms with Gasteiger partial charge in [-0.2, -0.15) is 0 Å². The Kier molecular flexibility index (Phi) is 7.73. The summed E-state index contributed by atoms with van der Waals surface area (Å²) in [5.41, 5.74) is -0.913. The maximum absolute atomic E-state index is 12.7. The third-order valence-electron chi connectivity index (χ3n) is 3.58. The molecule has 0 bridgehead atoms. The number of hydrogen-bond donors (Lipinski definition) is 1. The van der Waals surface area contributed by atoms with Gasteiger partial charge in [0.25, 0.3) is 5.69 Å². The number of nitro groups is 1. The summed E-state index contributed by atoms with van der Waals surface area (Å²) in [6.45, 7) is 10.7. The van der Waals surface area contributed by atoms with Gasteiger partial charge >= 0.3 is 12.2 Å². The van der Waals surface area contributed by atoms with Crippen molar-refractivity contribution >= 4 is 40.2 Å². The predicted octanol–water partition coefficient (Wildman–Crippen LogP) is 4.78. The quantitative estimate of drug-likeness (QED) is 0.475. The SMILES string of the molecule is CC(C)(C)OC(=O)Nc1nc(CCN(C(=O)OC(C)(C)C)c2ccc([N+](=O)[O-])cn2)cs1. The summed E-state index contributed by atoms with van der Waals surface area (Å²) in [6.07, 6.45) is 0.174. The minimum Gasteiger partial charge on any atom is -0.444 e. The molecule has 0 unspecified atom stereocenters. The number of rotatable bonds is 6. The maximum Gasteiger partial charge on any atom is 0.416 e. The number of hydrogen-bond acceptors (Lipinski definition) is 9. The van der Waals surface area contributed by atoms with Crippen molar-refractivity contribution in [1.82, 2.24) is 9.97 Å². The zero-order valence-corrected chi connectivity index (χ0v) is 19.7. The minimum absolute atomic E-state index is 0.162. The van der Waals surface area contributed by atoms with Gasteiger partial charge in [-0.1, -0.05) is 0 Å². The molecule has 0 saturated heterocycles. The first-order valence-corrected chi connectivity index (χ1v) is 10.7. The molecule has 1 N–H and O–H groups in total. The van der Waals surface area contributed by atoms with E-state index < -0.39 is 28.3 Å². The van der Waals surface area contributed by atoms with Gasteiger partial charge in [0, 0.05) is 24.4 Å². The highest BCUT2D eigenvalue weighted by molar-refractivity contribution is 7.13. The number of nitrogens with zero attached hydrogens (tertiary/aromatic N) is 4. The molecule has 2 aromatic heterocycles. The van der Waals surface area contributed by atoms with Crippen LogP contribution < -0.4 is 10.2 Å². The monoisotopic (exact) mass is 465 g/mol. The third-order valence-corrected chi connectivity index (χ3v) is 4.39. The van der Waals surface area contributed by atoms with E-state index in [1.165, 1.54) is 28.4 Å². The van der Waals surface area contributed by atoms with Crippen molar-refractivity contribution in [3.05, 3.63) is 39.5 Å². The molecule has 0 aliphatic carbocycles. The summed E-state index contributed by atoms with van der Waals surface area (Å²) in [6, 6.07) is 2.66. The molecular formula is C20H27N5O6S. The second-order valence-electron chi connectivity index (χ2n) is 8.78. The number of anilines is 2. The van der Waals surface area contributed by atoms with Gasteiger partial charge in [0.15, 0.2) is 5.13 Å². The Labute approximate surface area is 189 Å². The zero-order chi connectivity index (χ0) is 24.1. The normalized spacial score (nSPS) is 11.6. The van der Waals surface area contributed by atoms with E-state index in [2.05, 4.69) is 15.3 Å². The van der Waals surface area contributed by atoms with E-state index in [0.29, 0.717) is 17.2 Å². The number of carbonyl (C=O) groups excluding carboxylic acids is 2. The topological polar surface area (TPSA) is 137 Å². The van der Waals surface area contributed by atoms with Crippen LogP contribution in [-0.2, 0) is 15.9 Å². The molecule has 0 atom stereocenters. The van der Waals surface area contributed by atoms with E-state index in [1.807, 2.05) is 0 Å². The van der Waals surface area contributed by atoms with Crippen molar-refractivity contribution < 1.29 is 24.0 Å². The molecule has 0 aromatic carbocycles. The van der Waals surface area contributed by atoms with Crippen molar-refractivity contribution in [2.24, 2.45) is 0 Å². The van der Waals surface area contributed by atoms with Crippen LogP contribution in [0.15, 0.2) is 23.7 Å². The summed E-state index contributed by atoms with van der Waals surface area (Å²) >= 11 is 1.23. The molecule has 0 aliphatic heterocycles. The van der Waals surface area contributed by atoms with Crippen LogP contribution in [0.4, 0.5) is 26.2 Å². The number of carbonyl (C=O) groups is 2. The third kappa shape index (κ3) is 8.10. The van der Waals surface area contributed by atoms with Gasteiger partial charge in [-0.15, -0.1) is 11.3 Å². The van der Waals surface area contributed by atoms with Gasteiger partial charge in [-0.05, 0) is 47.6 Å². The number of pyridine rings is 1. The molecule has 0 fully saturated rings. The van der Waals surface area contributed by atoms with Crippen LogP contribution in [-0.4, -0.2) is 44.8 Å². The van der Waals surface area contributed by atoms with Crippen LogP contribution in [0.25, 0.3) is 0 Å². The van der Waals surface area contributed by atoms with E-state index in [9.17, 15) is 19.7 Å². The Bertz CT molecular complexity index is 962. The second-order valence-corrected chi connectivity index (χ2v) is 9.64. The predicted molar refractivity (Wildman–Crippen MR) is 120 cm³/mol. The largest absolute Gasteiger partial charge is 0.444 e. The molecule has 0 radical (unpaired) electrons. The number of aromatic nitrogens is 2. The van der Waals surface area contributed by atoms with E-state index in [-0.39, 0.29) is 18.1 Å². The zero-order valence-electron chi connectivity index (χ0n) is 18.9. The molecule has 2 heterocycles. The highest BCUT2D eigenvalue weighted by Gasteiger charge is 2.25. The van der Waals surface area contributed by atoms with Crippen molar-refractivity contribution in [3.8, 4) is 0 Å². The van der Waals surface area contributed by atoms with Gasteiger partial charge in [-0.25, -0.2) is 19.6 Å². The molecule has 0 spiro atoms. The Morgan fingerprint density at radius 3 is 2.34 bits per heavy atom. The first-order chi connectivity index (χ1) is 14.7. The average molecular weight is 466 g/mol. The van der Waals surface area contributed by atoms with E-state index in [4.69, 9.17) is 9.47 Å². The molecule has 11 nitrogen and oxygen atoms in total. The summed E-state index contributed by atoms with van der Waals surface area (Å²) in [4.78, 5) is 44.6. The number of nitrogens with one attached hydrogen (secondary N) is 1. The Morgan fingerprint density at radius 2 is 1.81 bits per heavy atom. The van der Waals surface area contributed by atoms with Gasteiger partial charge in [0.1, 0.15) is 23.2 Å². The summed E-state index contributed by atoms with van der Waals surface area (Å²) in [5, 5.41) is 15.6. The number of amides is 2. The Hall–Kier alpha value is -3.28. The van der Waals surface area contributed by atoms with E-state index in [1.54, 1.807) is 46.9 Å². The fourth-order valence-corrected chi connectivity index (χ4v) is 3.09. The maximum atomic E-state index is 12.7. The highest BCUT2D eigenvalue weighted by Crippen LogP contribution is 2.21. The van der Waals surface area contributed by atoms with Crippen LogP contribution >= 0.6 is 11.3 Å². The van der Waals surface area contributed by atoms with Crippen molar-refractivity contribution in [2.75, 3.05) is 16.8 Å². The molecule has 2 amide bonds. The highest BCUT2D eigenvalue weighted by atomic mass is 32.1. The standard InChI is InChI=1S/C20H27N5O6S/c1-19(2,3)30-17(26)23-16-22-13(12-32-16)9-10-24(18(27)31-20(4,5)6)15-8-7-14(11-21-15)25(28)29/h7-8,11-12H,9-10H2,1-6H3,(H,22,23,26). The number of ether oxygens (including phenoxy) is 2. The summed E-state index contributed by atoms with van der Waals surface area (Å²) in [7, 11) is 0.